The summed E-state index contributed by atoms with van der Waals surface area (Å²) in [5, 5.41) is 12.8. The summed E-state index contributed by atoms with van der Waals surface area (Å²) in [6, 6.07) is -0.928. The van der Waals surface area contributed by atoms with Gasteiger partial charge in [0.2, 0.25) is 5.91 Å². The molecule has 0 unspecified atom stereocenters. The molecule has 0 aromatic heterocycles. The molecule has 0 radical (unpaired) electrons. The summed E-state index contributed by atoms with van der Waals surface area (Å²) in [5.41, 5.74) is 0. The number of carboxylic acids is 1. The molecule has 5 nitrogen and oxygen atoms in total. The van der Waals surface area contributed by atoms with Crippen molar-refractivity contribution in [3.63, 3.8) is 0 Å². The zero-order valence-electron chi connectivity index (χ0n) is 11.3. The lowest BCUT2D eigenvalue weighted by atomic mass is 10.1. The molecule has 0 aromatic rings. The van der Waals surface area contributed by atoms with Crippen molar-refractivity contribution in [3.05, 3.63) is 11.5 Å². The predicted molar refractivity (Wildman–Crippen MR) is 76.0 cm³/mol. The fourth-order valence-corrected chi connectivity index (χ4v) is 2.11. The van der Waals surface area contributed by atoms with Gasteiger partial charge >= 0.3 is 5.97 Å². The minimum atomic E-state index is -1.08. The molecule has 0 aliphatic heterocycles. The van der Waals surface area contributed by atoms with Crippen LogP contribution in [0, 0.1) is 0 Å². The van der Waals surface area contributed by atoms with E-state index < -0.39 is 12.0 Å². The number of unbranched alkanes of at least 4 members (excludes halogenated alkanes) is 2. The first kappa shape index (κ1) is 17.7. The van der Waals surface area contributed by atoms with E-state index in [9.17, 15) is 14.4 Å². The van der Waals surface area contributed by atoms with E-state index in [1.165, 1.54) is 24.8 Å². The van der Waals surface area contributed by atoms with Gasteiger partial charge in [-0.05, 0) is 17.9 Å². The Morgan fingerprint density at radius 3 is 2.53 bits per heavy atom. The van der Waals surface area contributed by atoms with Crippen molar-refractivity contribution in [3.8, 4) is 0 Å². The van der Waals surface area contributed by atoms with Gasteiger partial charge in [0, 0.05) is 19.1 Å². The van der Waals surface area contributed by atoms with E-state index >= 15 is 0 Å². The van der Waals surface area contributed by atoms with Crippen LogP contribution in [0.25, 0.3) is 0 Å². The number of ketones is 1. The minimum absolute atomic E-state index is 0.0485. The van der Waals surface area contributed by atoms with E-state index in [-0.39, 0.29) is 17.4 Å². The topological polar surface area (TPSA) is 83.5 Å². The number of hydrogen-bond donors (Lipinski definition) is 2. The van der Waals surface area contributed by atoms with E-state index in [1.807, 2.05) is 0 Å². The summed E-state index contributed by atoms with van der Waals surface area (Å²) in [6.07, 6.45) is 4.99. The molecule has 0 aliphatic carbocycles. The van der Waals surface area contributed by atoms with Crippen LogP contribution < -0.4 is 5.32 Å². The molecule has 1 amide bonds. The second kappa shape index (κ2) is 10.6. The fourth-order valence-electron chi connectivity index (χ4n) is 1.33. The van der Waals surface area contributed by atoms with Gasteiger partial charge in [0.05, 0.1) is 0 Å². The van der Waals surface area contributed by atoms with Crippen LogP contribution in [0.15, 0.2) is 11.5 Å². The van der Waals surface area contributed by atoms with E-state index in [2.05, 4.69) is 12.2 Å². The van der Waals surface area contributed by atoms with Crippen molar-refractivity contribution in [2.24, 2.45) is 0 Å². The number of allylic oxidation sites excluding steroid dienone is 1. The minimum Gasteiger partial charge on any atom is -0.480 e. The molecule has 0 heterocycles. The standard InChI is InChI=1S/C13H21NO4S/c1-3-4-5-6-11(16)7-8-19-9-12(13(17)18)14-10(2)15/h7-8,12H,3-6,9H2,1-2H3,(H,14,15)(H,17,18)/t12-/m0/s1. The van der Waals surface area contributed by atoms with Crippen molar-refractivity contribution >= 4 is 29.4 Å². The molecule has 19 heavy (non-hydrogen) atoms. The number of carbonyl (C=O) groups is 3. The number of nitrogens with one attached hydrogen (secondary N) is 1. The summed E-state index contributed by atoms with van der Waals surface area (Å²) >= 11 is 1.20. The van der Waals surface area contributed by atoms with Crippen LogP contribution in [-0.4, -0.2) is 34.6 Å². The molecule has 2 N–H and O–H groups in total. The van der Waals surface area contributed by atoms with Gasteiger partial charge in [0.15, 0.2) is 5.78 Å². The van der Waals surface area contributed by atoms with E-state index in [0.29, 0.717) is 6.42 Å². The molecule has 0 bridgehead atoms. The number of thioether (sulfide) groups is 1. The Kier molecular flexibility index (Phi) is 9.88. The van der Waals surface area contributed by atoms with Crippen molar-refractivity contribution in [2.45, 2.75) is 45.6 Å². The van der Waals surface area contributed by atoms with Crippen LogP contribution in [-0.2, 0) is 14.4 Å². The van der Waals surface area contributed by atoms with Crippen LogP contribution >= 0.6 is 11.8 Å². The number of rotatable bonds is 10. The molecule has 0 aliphatic rings. The molecule has 108 valence electrons. The maximum atomic E-state index is 11.4. The zero-order chi connectivity index (χ0) is 14.7. The van der Waals surface area contributed by atoms with Crippen LogP contribution in [0.4, 0.5) is 0 Å². The van der Waals surface area contributed by atoms with Crippen LogP contribution in [0.2, 0.25) is 0 Å². The molecule has 6 heteroatoms. The lowest BCUT2D eigenvalue weighted by molar-refractivity contribution is -0.140. The van der Waals surface area contributed by atoms with Crippen molar-refractivity contribution in [1.29, 1.82) is 0 Å². The molecule has 0 aromatic carbocycles. The van der Waals surface area contributed by atoms with Gasteiger partial charge in [-0.3, -0.25) is 9.59 Å². The molecular weight excluding hydrogens is 266 g/mol. The Morgan fingerprint density at radius 1 is 1.32 bits per heavy atom. The SMILES string of the molecule is CCCCCC(=O)C=CSC[C@H](NC(C)=O)C(=O)O. The third-order valence-corrected chi connectivity index (χ3v) is 3.17. The monoisotopic (exact) mass is 287 g/mol. The average Bonchev–Trinajstić information content (AvgIpc) is 2.32. The van der Waals surface area contributed by atoms with Gasteiger partial charge in [-0.25, -0.2) is 4.79 Å². The summed E-state index contributed by atoms with van der Waals surface area (Å²) < 4.78 is 0. The lowest BCUT2D eigenvalue weighted by Gasteiger charge is -2.10. The highest BCUT2D eigenvalue weighted by atomic mass is 32.2. The van der Waals surface area contributed by atoms with Gasteiger partial charge in [0.25, 0.3) is 0 Å². The number of carbonyl (C=O) groups excluding carboxylic acids is 2. The first-order valence-electron chi connectivity index (χ1n) is 6.28. The lowest BCUT2D eigenvalue weighted by Crippen LogP contribution is -2.41. The maximum Gasteiger partial charge on any atom is 0.327 e. The largest absolute Gasteiger partial charge is 0.480 e. The van der Waals surface area contributed by atoms with Crippen molar-refractivity contribution < 1.29 is 19.5 Å². The van der Waals surface area contributed by atoms with Gasteiger partial charge in [0.1, 0.15) is 6.04 Å². The van der Waals surface area contributed by atoms with Gasteiger partial charge < -0.3 is 10.4 Å². The fraction of sp³-hybridized carbons (Fsp3) is 0.615. The molecule has 0 spiro atoms. The summed E-state index contributed by atoms with van der Waals surface area (Å²) in [5.74, 6) is -1.21. The normalized spacial score (nSPS) is 12.3. The second-order valence-electron chi connectivity index (χ2n) is 4.15. The molecule has 0 rings (SSSR count). The molecular formula is C13H21NO4S. The highest BCUT2D eigenvalue weighted by Gasteiger charge is 2.17. The number of carboxylic acid groups (broad SMARTS) is 1. The predicted octanol–water partition coefficient (Wildman–Crippen LogP) is 1.97. The Labute approximate surface area is 117 Å². The van der Waals surface area contributed by atoms with Crippen LogP contribution in [0.5, 0.6) is 0 Å². The Morgan fingerprint density at radius 2 is 2.00 bits per heavy atom. The summed E-state index contributed by atoms with van der Waals surface area (Å²) in [7, 11) is 0. The Hall–Kier alpha value is -1.30. The molecule has 0 fully saturated rings. The van der Waals surface area contributed by atoms with E-state index in [1.54, 1.807) is 5.41 Å². The highest BCUT2D eigenvalue weighted by Crippen LogP contribution is 2.07. The summed E-state index contributed by atoms with van der Waals surface area (Å²) in [6.45, 7) is 3.35. The van der Waals surface area contributed by atoms with Crippen molar-refractivity contribution in [2.75, 3.05) is 5.75 Å². The third kappa shape index (κ3) is 10.3. The highest BCUT2D eigenvalue weighted by molar-refractivity contribution is 8.02. The molecule has 1 atom stereocenters. The number of amides is 1. The molecule has 0 saturated carbocycles. The first-order chi connectivity index (χ1) is 8.97. The average molecular weight is 287 g/mol. The van der Waals surface area contributed by atoms with Gasteiger partial charge in [-0.15, -0.1) is 11.8 Å². The van der Waals surface area contributed by atoms with E-state index in [4.69, 9.17) is 5.11 Å². The Bertz CT molecular complexity index is 342. The zero-order valence-corrected chi connectivity index (χ0v) is 12.2. The molecule has 0 saturated heterocycles. The third-order valence-electron chi connectivity index (χ3n) is 2.32. The first-order valence-corrected chi connectivity index (χ1v) is 7.33. The number of hydrogen-bond acceptors (Lipinski definition) is 4. The van der Waals surface area contributed by atoms with E-state index in [0.717, 1.165) is 19.3 Å². The van der Waals surface area contributed by atoms with Crippen molar-refractivity contribution in [1.82, 2.24) is 5.32 Å². The summed E-state index contributed by atoms with van der Waals surface area (Å²) in [4.78, 5) is 33.0. The Balaban J connectivity index is 3.94. The smallest absolute Gasteiger partial charge is 0.327 e. The second-order valence-corrected chi connectivity index (χ2v) is 5.09. The maximum absolute atomic E-state index is 11.4. The quantitative estimate of drug-likeness (QED) is 0.474. The van der Waals surface area contributed by atoms with Crippen LogP contribution in [0.3, 0.4) is 0 Å². The van der Waals surface area contributed by atoms with Gasteiger partial charge in [-0.2, -0.15) is 0 Å². The van der Waals surface area contributed by atoms with Gasteiger partial charge in [-0.1, -0.05) is 19.8 Å². The van der Waals surface area contributed by atoms with Crippen LogP contribution in [0.1, 0.15) is 39.5 Å². The number of aliphatic carboxylic acids is 1.